The molecule has 0 aliphatic carbocycles. The summed E-state index contributed by atoms with van der Waals surface area (Å²) in [6.45, 7) is 4.02. The summed E-state index contributed by atoms with van der Waals surface area (Å²) in [6.07, 6.45) is 3.81. The summed E-state index contributed by atoms with van der Waals surface area (Å²) < 4.78 is 9.19. The van der Waals surface area contributed by atoms with E-state index in [0.29, 0.717) is 15.3 Å². The van der Waals surface area contributed by atoms with Crippen LogP contribution < -0.4 is 14.8 Å². The monoisotopic (exact) mass is 505 g/mol. The highest BCUT2D eigenvalue weighted by Gasteiger charge is 2.16. The molecule has 3 aromatic heterocycles. The van der Waals surface area contributed by atoms with Gasteiger partial charge in [0.25, 0.3) is 5.56 Å². The van der Waals surface area contributed by atoms with Crippen molar-refractivity contribution in [1.29, 1.82) is 0 Å². The highest BCUT2D eigenvalue weighted by Crippen LogP contribution is 2.29. The zero-order valence-electron chi connectivity index (χ0n) is 20.5. The molecular weight excluding hydrogens is 482 g/mol. The van der Waals surface area contributed by atoms with Crippen molar-refractivity contribution >= 4 is 22.4 Å². The molecule has 0 N–H and O–H groups in total. The molecule has 0 unspecified atom stereocenters. The second-order valence-corrected chi connectivity index (χ2v) is 9.82. The first kappa shape index (κ1) is 22.9. The number of nitrogens with zero attached hydrogens (tertiary/aromatic N) is 5. The first-order valence-electron chi connectivity index (χ1n) is 11.8. The number of fused-ring (bicyclic) bond motifs is 1. The molecule has 0 saturated carbocycles. The third-order valence-corrected chi connectivity index (χ3v) is 7.14. The number of rotatable bonds is 5. The number of benzene rings is 3. The summed E-state index contributed by atoms with van der Waals surface area (Å²) in [7, 11) is 1.66. The van der Waals surface area contributed by atoms with Gasteiger partial charge in [0, 0.05) is 22.9 Å². The lowest BCUT2D eigenvalue weighted by atomic mass is 10.0. The van der Waals surface area contributed by atoms with Crippen LogP contribution in [0.1, 0.15) is 16.7 Å². The molecule has 0 bridgehead atoms. The van der Waals surface area contributed by atoms with Gasteiger partial charge in [-0.25, -0.2) is 4.68 Å². The minimum atomic E-state index is -0.198. The molecule has 7 nitrogen and oxygen atoms in total. The Labute approximate surface area is 216 Å². The lowest BCUT2D eigenvalue weighted by Gasteiger charge is -2.06. The van der Waals surface area contributed by atoms with Gasteiger partial charge in [0.05, 0.1) is 17.3 Å². The molecule has 0 saturated heterocycles. The van der Waals surface area contributed by atoms with Gasteiger partial charge in [0.2, 0.25) is 4.96 Å². The van der Waals surface area contributed by atoms with Crippen molar-refractivity contribution in [2.24, 2.45) is 0 Å². The Bertz CT molecular complexity index is 1870. The van der Waals surface area contributed by atoms with Gasteiger partial charge in [-0.3, -0.25) is 4.79 Å². The fraction of sp³-hybridized carbons (Fsp3) is 0.103. The number of methoxy groups -OCH3 is 1. The zero-order valence-corrected chi connectivity index (χ0v) is 21.4. The van der Waals surface area contributed by atoms with E-state index in [1.807, 2.05) is 104 Å². The molecule has 182 valence electrons. The van der Waals surface area contributed by atoms with E-state index < -0.39 is 0 Å². The van der Waals surface area contributed by atoms with Gasteiger partial charge in [-0.15, -0.1) is 5.10 Å². The number of hydrogen-bond acceptors (Lipinski definition) is 6. The van der Waals surface area contributed by atoms with Gasteiger partial charge in [-0.2, -0.15) is 14.6 Å². The summed E-state index contributed by atoms with van der Waals surface area (Å²) in [5.41, 5.74) is 6.28. The summed E-state index contributed by atoms with van der Waals surface area (Å²) in [6, 6.07) is 23.8. The van der Waals surface area contributed by atoms with Gasteiger partial charge in [-0.05, 0) is 61.9 Å². The summed E-state index contributed by atoms with van der Waals surface area (Å²) in [5.74, 6) is 1.36. The standard InChI is InChI=1S/C29H23N5O2S/c1-18-8-7-9-21(14-18)27-30-29-34(32-27)28(35)25(37-29)16-22-17-33(23-10-5-4-6-11-23)31-26(22)20-12-13-24(36-3)19(2)15-20/h4-17H,1-3H3. The van der Waals surface area contributed by atoms with Crippen LogP contribution in [0.15, 0.2) is 83.8 Å². The fourth-order valence-electron chi connectivity index (χ4n) is 4.34. The quantitative estimate of drug-likeness (QED) is 0.335. The van der Waals surface area contributed by atoms with E-state index in [4.69, 9.17) is 9.84 Å². The number of hydrogen-bond donors (Lipinski definition) is 0. The Kier molecular flexibility index (Phi) is 5.65. The SMILES string of the molecule is COc1ccc(-c2nn(-c3ccccc3)cc2C=c2sc3nc(-c4cccc(C)c4)nn3c2=O)cc1C. The van der Waals surface area contributed by atoms with Crippen LogP contribution in [-0.4, -0.2) is 31.5 Å². The molecule has 0 radical (unpaired) electrons. The van der Waals surface area contributed by atoms with E-state index in [2.05, 4.69) is 10.1 Å². The second kappa shape index (κ2) is 9.15. The van der Waals surface area contributed by atoms with Crippen molar-refractivity contribution in [3.63, 3.8) is 0 Å². The zero-order chi connectivity index (χ0) is 25.5. The van der Waals surface area contributed by atoms with Crippen molar-refractivity contribution in [3.05, 3.63) is 111 Å². The average molecular weight is 506 g/mol. The largest absolute Gasteiger partial charge is 0.496 e. The Morgan fingerprint density at radius 3 is 2.49 bits per heavy atom. The number of aromatic nitrogens is 5. The highest BCUT2D eigenvalue weighted by molar-refractivity contribution is 7.15. The molecule has 0 aliphatic heterocycles. The first-order chi connectivity index (χ1) is 18.0. The first-order valence-corrected chi connectivity index (χ1v) is 12.6. The van der Waals surface area contributed by atoms with E-state index >= 15 is 0 Å². The van der Waals surface area contributed by atoms with Crippen molar-refractivity contribution in [1.82, 2.24) is 24.4 Å². The normalized spacial score (nSPS) is 11.9. The van der Waals surface area contributed by atoms with Crippen LogP contribution in [0, 0.1) is 13.8 Å². The molecule has 0 aliphatic rings. The maximum atomic E-state index is 13.3. The molecule has 6 rings (SSSR count). The Balaban J connectivity index is 1.49. The molecule has 6 aromatic rings. The Hall–Kier alpha value is -4.56. The molecule has 0 fully saturated rings. The van der Waals surface area contributed by atoms with E-state index in [9.17, 15) is 4.79 Å². The van der Waals surface area contributed by atoms with Crippen LogP contribution in [-0.2, 0) is 0 Å². The molecule has 3 heterocycles. The maximum absolute atomic E-state index is 13.3. The Morgan fingerprint density at radius 1 is 0.919 bits per heavy atom. The third kappa shape index (κ3) is 4.21. The van der Waals surface area contributed by atoms with Gasteiger partial charge in [0.15, 0.2) is 5.82 Å². The topological polar surface area (TPSA) is 74.3 Å². The van der Waals surface area contributed by atoms with E-state index in [-0.39, 0.29) is 5.56 Å². The van der Waals surface area contributed by atoms with Gasteiger partial charge in [-0.1, -0.05) is 53.3 Å². The summed E-state index contributed by atoms with van der Waals surface area (Å²) >= 11 is 1.32. The van der Waals surface area contributed by atoms with E-state index in [1.165, 1.54) is 15.9 Å². The maximum Gasteiger partial charge on any atom is 0.291 e. The van der Waals surface area contributed by atoms with Crippen LogP contribution in [0.4, 0.5) is 0 Å². The van der Waals surface area contributed by atoms with E-state index in [0.717, 1.165) is 44.9 Å². The van der Waals surface area contributed by atoms with Crippen LogP contribution in [0.25, 0.3) is 39.4 Å². The molecule has 37 heavy (non-hydrogen) atoms. The summed E-state index contributed by atoms with van der Waals surface area (Å²) in [4.78, 5) is 18.5. The van der Waals surface area contributed by atoms with Gasteiger partial charge >= 0.3 is 0 Å². The van der Waals surface area contributed by atoms with Crippen molar-refractivity contribution in [3.8, 4) is 34.1 Å². The number of aryl methyl sites for hydroxylation is 2. The number of para-hydroxylation sites is 1. The average Bonchev–Trinajstić information content (AvgIpc) is 3.60. The number of ether oxygens (including phenoxy) is 1. The second-order valence-electron chi connectivity index (χ2n) is 8.81. The summed E-state index contributed by atoms with van der Waals surface area (Å²) in [5, 5.41) is 9.38. The molecule has 0 spiro atoms. The van der Waals surface area contributed by atoms with Crippen molar-refractivity contribution in [2.75, 3.05) is 7.11 Å². The van der Waals surface area contributed by atoms with Crippen LogP contribution in [0.5, 0.6) is 5.75 Å². The Morgan fingerprint density at radius 2 is 1.76 bits per heavy atom. The molecular formula is C29H23N5O2S. The van der Waals surface area contributed by atoms with Crippen molar-refractivity contribution < 1.29 is 4.74 Å². The number of thiazole rings is 1. The fourth-order valence-corrected chi connectivity index (χ4v) is 5.24. The predicted molar refractivity (Wildman–Crippen MR) is 146 cm³/mol. The van der Waals surface area contributed by atoms with Crippen LogP contribution in [0.3, 0.4) is 0 Å². The van der Waals surface area contributed by atoms with Gasteiger partial charge in [0.1, 0.15) is 11.4 Å². The predicted octanol–water partition coefficient (Wildman–Crippen LogP) is 4.84. The highest BCUT2D eigenvalue weighted by atomic mass is 32.1. The van der Waals surface area contributed by atoms with Crippen LogP contribution in [0.2, 0.25) is 0 Å². The lowest BCUT2D eigenvalue weighted by Crippen LogP contribution is -2.23. The van der Waals surface area contributed by atoms with Gasteiger partial charge < -0.3 is 4.74 Å². The lowest BCUT2D eigenvalue weighted by molar-refractivity contribution is 0.412. The van der Waals surface area contributed by atoms with Crippen LogP contribution >= 0.6 is 11.3 Å². The molecule has 3 aromatic carbocycles. The van der Waals surface area contributed by atoms with Crippen molar-refractivity contribution in [2.45, 2.75) is 13.8 Å². The molecule has 0 amide bonds. The van der Waals surface area contributed by atoms with E-state index in [1.54, 1.807) is 7.11 Å². The smallest absolute Gasteiger partial charge is 0.291 e. The molecule has 8 heteroatoms. The molecule has 0 atom stereocenters. The minimum Gasteiger partial charge on any atom is -0.496 e. The minimum absolute atomic E-state index is 0.198. The third-order valence-electron chi connectivity index (χ3n) is 6.18.